The molecular weight excluding hydrogens is 218 g/mol. The van der Waals surface area contributed by atoms with E-state index in [0.717, 1.165) is 11.0 Å². The second-order valence-electron chi connectivity index (χ2n) is 3.61. The van der Waals surface area contributed by atoms with Crippen molar-refractivity contribution in [1.82, 2.24) is 9.97 Å². The molecule has 3 aromatic heterocycles. The van der Waals surface area contributed by atoms with Crippen molar-refractivity contribution in [2.45, 2.75) is 6.54 Å². The maximum absolute atomic E-state index is 5.62. The summed E-state index contributed by atoms with van der Waals surface area (Å²) in [6.45, 7) is 0.602. The van der Waals surface area contributed by atoms with Gasteiger partial charge in [0.15, 0.2) is 0 Å². The Morgan fingerprint density at radius 1 is 1.44 bits per heavy atom. The lowest BCUT2D eigenvalue weighted by Crippen LogP contribution is -1.91. The molecule has 0 fully saturated rings. The van der Waals surface area contributed by atoms with Gasteiger partial charge in [0, 0.05) is 34.8 Å². The van der Waals surface area contributed by atoms with Gasteiger partial charge in [-0.15, -0.1) is 11.3 Å². The van der Waals surface area contributed by atoms with Crippen molar-refractivity contribution in [3.8, 4) is 11.1 Å². The Balaban J connectivity index is 2.18. The fourth-order valence-corrected chi connectivity index (χ4v) is 2.59. The number of nitrogens with two attached hydrogens (primary N) is 1. The van der Waals surface area contributed by atoms with Crippen LogP contribution in [-0.2, 0) is 6.54 Å². The summed E-state index contributed by atoms with van der Waals surface area (Å²) in [5, 5.41) is 3.29. The molecule has 3 N–H and O–H groups in total. The zero-order chi connectivity index (χ0) is 11.0. The van der Waals surface area contributed by atoms with E-state index in [9.17, 15) is 0 Å². The molecule has 0 aliphatic carbocycles. The second kappa shape index (κ2) is 3.73. The third kappa shape index (κ3) is 1.43. The van der Waals surface area contributed by atoms with Crippen molar-refractivity contribution < 1.29 is 0 Å². The van der Waals surface area contributed by atoms with E-state index in [1.165, 1.54) is 16.0 Å². The molecule has 0 saturated carbocycles. The Labute approximate surface area is 96.9 Å². The molecular formula is C12H11N3S. The van der Waals surface area contributed by atoms with E-state index in [0.29, 0.717) is 6.54 Å². The molecule has 3 aromatic rings. The van der Waals surface area contributed by atoms with Crippen molar-refractivity contribution >= 4 is 22.4 Å². The van der Waals surface area contributed by atoms with Crippen LogP contribution in [0.3, 0.4) is 0 Å². The SMILES string of the molecule is NCc1cc(-c2c[nH]c3ncccc23)cs1. The summed E-state index contributed by atoms with van der Waals surface area (Å²) in [6, 6.07) is 6.17. The van der Waals surface area contributed by atoms with Gasteiger partial charge < -0.3 is 10.7 Å². The second-order valence-corrected chi connectivity index (χ2v) is 4.60. The highest BCUT2D eigenvalue weighted by Gasteiger charge is 2.07. The molecule has 3 nitrogen and oxygen atoms in total. The first kappa shape index (κ1) is 9.57. The van der Waals surface area contributed by atoms with Crippen molar-refractivity contribution in [2.75, 3.05) is 0 Å². The number of aromatic amines is 1. The topological polar surface area (TPSA) is 54.7 Å². The Morgan fingerprint density at radius 2 is 2.38 bits per heavy atom. The minimum atomic E-state index is 0.602. The quantitative estimate of drug-likeness (QED) is 0.710. The first-order chi connectivity index (χ1) is 7.88. The molecule has 0 aliphatic rings. The first-order valence-electron chi connectivity index (χ1n) is 5.08. The van der Waals surface area contributed by atoms with Crippen LogP contribution < -0.4 is 5.73 Å². The number of thiophene rings is 1. The highest BCUT2D eigenvalue weighted by Crippen LogP contribution is 2.30. The van der Waals surface area contributed by atoms with Gasteiger partial charge in [0.2, 0.25) is 0 Å². The average Bonchev–Trinajstić information content (AvgIpc) is 2.94. The number of H-pyrrole nitrogens is 1. The van der Waals surface area contributed by atoms with E-state index in [1.54, 1.807) is 17.5 Å². The van der Waals surface area contributed by atoms with Gasteiger partial charge in [-0.05, 0) is 29.1 Å². The molecule has 0 aliphatic heterocycles. The molecule has 0 aromatic carbocycles. The van der Waals surface area contributed by atoms with Gasteiger partial charge >= 0.3 is 0 Å². The highest BCUT2D eigenvalue weighted by atomic mass is 32.1. The summed E-state index contributed by atoms with van der Waals surface area (Å²) in [5.41, 5.74) is 8.95. The molecule has 16 heavy (non-hydrogen) atoms. The normalized spacial score (nSPS) is 11.1. The lowest BCUT2D eigenvalue weighted by Gasteiger charge is -1.93. The zero-order valence-electron chi connectivity index (χ0n) is 8.60. The number of aromatic nitrogens is 2. The number of rotatable bonds is 2. The molecule has 80 valence electrons. The van der Waals surface area contributed by atoms with Crippen LogP contribution in [0.1, 0.15) is 4.88 Å². The molecule has 0 unspecified atom stereocenters. The fourth-order valence-electron chi connectivity index (χ4n) is 1.82. The van der Waals surface area contributed by atoms with Crippen molar-refractivity contribution in [1.29, 1.82) is 0 Å². The molecule has 0 saturated heterocycles. The van der Waals surface area contributed by atoms with E-state index in [4.69, 9.17) is 5.73 Å². The van der Waals surface area contributed by atoms with Crippen LogP contribution in [0.2, 0.25) is 0 Å². The monoisotopic (exact) mass is 229 g/mol. The Morgan fingerprint density at radius 3 is 3.19 bits per heavy atom. The van der Waals surface area contributed by atoms with E-state index >= 15 is 0 Å². The van der Waals surface area contributed by atoms with Gasteiger partial charge in [0.25, 0.3) is 0 Å². The third-order valence-corrected chi connectivity index (χ3v) is 3.58. The van der Waals surface area contributed by atoms with Crippen LogP contribution in [0, 0.1) is 0 Å². The molecule has 0 atom stereocenters. The van der Waals surface area contributed by atoms with Gasteiger partial charge in [0.05, 0.1) is 0 Å². The van der Waals surface area contributed by atoms with Gasteiger partial charge in [-0.1, -0.05) is 0 Å². The predicted octanol–water partition coefficient (Wildman–Crippen LogP) is 2.75. The standard InChI is InChI=1S/C12H11N3S/c13-5-9-4-8(7-16-9)11-6-15-12-10(11)2-1-3-14-12/h1-4,6-7H,5,13H2,(H,14,15). The number of hydrogen-bond acceptors (Lipinski definition) is 3. The zero-order valence-corrected chi connectivity index (χ0v) is 9.42. The third-order valence-electron chi connectivity index (χ3n) is 2.62. The fraction of sp³-hybridized carbons (Fsp3) is 0.0833. The van der Waals surface area contributed by atoms with Crippen LogP contribution in [-0.4, -0.2) is 9.97 Å². The number of nitrogens with one attached hydrogen (secondary N) is 1. The Kier molecular flexibility index (Phi) is 2.23. The van der Waals surface area contributed by atoms with Gasteiger partial charge in [0.1, 0.15) is 5.65 Å². The minimum Gasteiger partial charge on any atom is -0.346 e. The molecule has 0 radical (unpaired) electrons. The molecule has 3 heterocycles. The number of hydrogen-bond donors (Lipinski definition) is 2. The first-order valence-corrected chi connectivity index (χ1v) is 5.96. The summed E-state index contributed by atoms with van der Waals surface area (Å²) < 4.78 is 0. The summed E-state index contributed by atoms with van der Waals surface area (Å²) in [6.07, 6.45) is 3.79. The van der Waals surface area contributed by atoms with Gasteiger partial charge in [-0.25, -0.2) is 4.98 Å². The molecule has 3 rings (SSSR count). The van der Waals surface area contributed by atoms with E-state index < -0.39 is 0 Å². The van der Waals surface area contributed by atoms with Crippen molar-refractivity contribution in [2.24, 2.45) is 5.73 Å². The maximum atomic E-state index is 5.62. The minimum absolute atomic E-state index is 0.602. The van der Waals surface area contributed by atoms with E-state index in [-0.39, 0.29) is 0 Å². The molecule has 0 spiro atoms. The smallest absolute Gasteiger partial charge is 0.137 e. The van der Waals surface area contributed by atoms with Crippen LogP contribution >= 0.6 is 11.3 Å². The van der Waals surface area contributed by atoms with Crippen molar-refractivity contribution in [3.63, 3.8) is 0 Å². The Bertz CT molecular complexity index is 624. The number of nitrogens with zero attached hydrogens (tertiary/aromatic N) is 1. The average molecular weight is 229 g/mol. The summed E-state index contributed by atoms with van der Waals surface area (Å²) in [7, 11) is 0. The summed E-state index contributed by atoms with van der Waals surface area (Å²) >= 11 is 1.70. The van der Waals surface area contributed by atoms with E-state index in [1.807, 2.05) is 12.3 Å². The maximum Gasteiger partial charge on any atom is 0.137 e. The van der Waals surface area contributed by atoms with E-state index in [2.05, 4.69) is 27.5 Å². The van der Waals surface area contributed by atoms with Gasteiger partial charge in [-0.3, -0.25) is 0 Å². The Hall–Kier alpha value is -1.65. The summed E-state index contributed by atoms with van der Waals surface area (Å²) in [4.78, 5) is 8.66. The molecule has 4 heteroatoms. The number of fused-ring (bicyclic) bond motifs is 1. The lowest BCUT2D eigenvalue weighted by atomic mass is 10.1. The lowest BCUT2D eigenvalue weighted by molar-refractivity contribution is 1.11. The molecule has 0 amide bonds. The predicted molar refractivity (Wildman–Crippen MR) is 67.3 cm³/mol. The van der Waals surface area contributed by atoms with Crippen LogP contribution in [0.5, 0.6) is 0 Å². The molecule has 0 bridgehead atoms. The van der Waals surface area contributed by atoms with Crippen LogP contribution in [0.4, 0.5) is 0 Å². The number of pyridine rings is 1. The van der Waals surface area contributed by atoms with Gasteiger partial charge in [-0.2, -0.15) is 0 Å². The van der Waals surface area contributed by atoms with Crippen LogP contribution in [0.15, 0.2) is 36.0 Å². The highest BCUT2D eigenvalue weighted by molar-refractivity contribution is 7.10. The summed E-state index contributed by atoms with van der Waals surface area (Å²) in [5.74, 6) is 0. The van der Waals surface area contributed by atoms with Crippen molar-refractivity contribution in [3.05, 3.63) is 40.8 Å². The van der Waals surface area contributed by atoms with Crippen LogP contribution in [0.25, 0.3) is 22.2 Å². The largest absolute Gasteiger partial charge is 0.346 e.